The molecule has 0 saturated carbocycles. The number of benzene rings is 2. The van der Waals surface area contributed by atoms with E-state index in [0.717, 1.165) is 0 Å². The molecule has 0 aliphatic carbocycles. The van der Waals surface area contributed by atoms with Gasteiger partial charge >= 0.3 is 0 Å². The number of methoxy groups -OCH3 is 3. The molecule has 1 aliphatic rings. The Labute approximate surface area is 194 Å². The minimum Gasteiger partial charge on any atom is -0.507 e. The van der Waals surface area contributed by atoms with Crippen molar-refractivity contribution >= 4 is 17.4 Å². The normalized spacial score (nSPS) is 17.5. The second-order valence-corrected chi connectivity index (χ2v) is 8.08. The number of aryl methyl sites for hydroxylation is 1. The summed E-state index contributed by atoms with van der Waals surface area (Å²) < 4.78 is 16.1. The fourth-order valence-electron chi connectivity index (χ4n) is 3.96. The summed E-state index contributed by atoms with van der Waals surface area (Å²) in [5.41, 5.74) is 1.78. The van der Waals surface area contributed by atoms with Gasteiger partial charge in [0.2, 0.25) is 0 Å². The zero-order chi connectivity index (χ0) is 24.3. The van der Waals surface area contributed by atoms with Crippen LogP contribution in [0.25, 0.3) is 5.76 Å². The van der Waals surface area contributed by atoms with E-state index in [1.165, 1.54) is 12.0 Å². The van der Waals surface area contributed by atoms with Crippen LogP contribution in [-0.2, 0) is 9.59 Å². The number of likely N-dealkylation sites (tertiary alicyclic amines) is 1. The average molecular weight is 455 g/mol. The van der Waals surface area contributed by atoms with Crippen molar-refractivity contribution in [3.8, 4) is 17.2 Å². The van der Waals surface area contributed by atoms with E-state index in [1.54, 1.807) is 50.6 Å². The summed E-state index contributed by atoms with van der Waals surface area (Å²) in [5, 5.41) is 11.3. The predicted molar refractivity (Wildman–Crippen MR) is 125 cm³/mol. The van der Waals surface area contributed by atoms with Gasteiger partial charge in [-0.25, -0.2) is 0 Å². The molecule has 1 atom stereocenters. The fraction of sp³-hybridized carbons (Fsp3) is 0.360. The van der Waals surface area contributed by atoms with Crippen LogP contribution in [0.4, 0.5) is 0 Å². The Balaban J connectivity index is 2.23. The van der Waals surface area contributed by atoms with Crippen LogP contribution >= 0.6 is 0 Å². The van der Waals surface area contributed by atoms with Gasteiger partial charge in [-0.2, -0.15) is 0 Å². The van der Waals surface area contributed by atoms with Gasteiger partial charge in [-0.15, -0.1) is 0 Å². The Morgan fingerprint density at radius 3 is 2.21 bits per heavy atom. The summed E-state index contributed by atoms with van der Waals surface area (Å²) in [7, 11) is 8.39. The number of rotatable bonds is 8. The van der Waals surface area contributed by atoms with Crippen molar-refractivity contribution in [2.24, 2.45) is 0 Å². The molecule has 2 aromatic carbocycles. The first-order chi connectivity index (χ1) is 15.7. The van der Waals surface area contributed by atoms with Crippen LogP contribution in [0.5, 0.6) is 17.2 Å². The number of carbonyl (C=O) groups is 2. The first-order valence-corrected chi connectivity index (χ1v) is 10.5. The highest BCUT2D eigenvalue weighted by molar-refractivity contribution is 6.46. The molecule has 0 spiro atoms. The number of likely N-dealkylation sites (N-methyl/N-ethyl adjacent to an activating group) is 1. The highest BCUT2D eigenvalue weighted by Crippen LogP contribution is 2.44. The molecule has 3 rings (SSSR count). The second-order valence-electron chi connectivity index (χ2n) is 8.08. The molecule has 0 bridgehead atoms. The minimum atomic E-state index is -0.813. The smallest absolute Gasteiger partial charge is 0.295 e. The lowest BCUT2D eigenvalue weighted by Gasteiger charge is -2.28. The maximum Gasteiger partial charge on any atom is 0.295 e. The number of ether oxygens (including phenoxy) is 3. The average Bonchev–Trinajstić information content (AvgIpc) is 3.06. The molecule has 176 valence electrons. The molecule has 1 N–H and O–H groups in total. The van der Waals surface area contributed by atoms with E-state index in [4.69, 9.17) is 14.2 Å². The second kappa shape index (κ2) is 9.95. The van der Waals surface area contributed by atoms with Crippen molar-refractivity contribution < 1.29 is 28.9 Å². The third-order valence-corrected chi connectivity index (χ3v) is 5.75. The summed E-state index contributed by atoms with van der Waals surface area (Å²) >= 11 is 0. The number of hydrogen-bond donors (Lipinski definition) is 1. The summed E-state index contributed by atoms with van der Waals surface area (Å²) in [6.07, 6.45) is 0. The number of amides is 1. The summed E-state index contributed by atoms with van der Waals surface area (Å²) in [5.74, 6) is 0.0321. The van der Waals surface area contributed by atoms with Gasteiger partial charge in [-0.05, 0) is 56.9 Å². The molecular formula is C25H30N2O6. The van der Waals surface area contributed by atoms with E-state index in [-0.39, 0.29) is 11.3 Å². The molecule has 0 radical (unpaired) electrons. The van der Waals surface area contributed by atoms with Crippen molar-refractivity contribution in [2.45, 2.75) is 13.0 Å². The molecule has 1 saturated heterocycles. The fourth-order valence-corrected chi connectivity index (χ4v) is 3.96. The molecule has 1 aliphatic heterocycles. The number of aliphatic hydroxyl groups is 1. The van der Waals surface area contributed by atoms with Crippen molar-refractivity contribution in [3.63, 3.8) is 0 Å². The van der Waals surface area contributed by atoms with Crippen LogP contribution in [0, 0.1) is 6.92 Å². The number of Topliss-reactive ketones (excluding diaryl/α,β-unsaturated/α-hetero) is 1. The maximum atomic E-state index is 13.2. The molecule has 0 unspecified atom stereocenters. The van der Waals surface area contributed by atoms with Crippen molar-refractivity contribution in [3.05, 3.63) is 58.7 Å². The molecular weight excluding hydrogens is 424 g/mol. The monoisotopic (exact) mass is 454 g/mol. The first kappa shape index (κ1) is 24.1. The van der Waals surface area contributed by atoms with Gasteiger partial charge < -0.3 is 29.1 Å². The molecule has 1 amide bonds. The van der Waals surface area contributed by atoms with E-state index in [2.05, 4.69) is 0 Å². The van der Waals surface area contributed by atoms with Crippen LogP contribution in [0.1, 0.15) is 22.7 Å². The van der Waals surface area contributed by atoms with Crippen LogP contribution in [0.3, 0.4) is 0 Å². The van der Waals surface area contributed by atoms with Gasteiger partial charge in [0.15, 0.2) is 0 Å². The van der Waals surface area contributed by atoms with Gasteiger partial charge in [-0.3, -0.25) is 9.59 Å². The quantitative estimate of drug-likeness (QED) is 0.373. The van der Waals surface area contributed by atoms with Gasteiger partial charge in [0.25, 0.3) is 11.7 Å². The van der Waals surface area contributed by atoms with Crippen molar-refractivity contribution in [2.75, 3.05) is 48.5 Å². The van der Waals surface area contributed by atoms with Crippen LogP contribution in [0.2, 0.25) is 0 Å². The number of nitrogens with zero attached hydrogens (tertiary/aromatic N) is 2. The van der Waals surface area contributed by atoms with Crippen molar-refractivity contribution in [1.82, 2.24) is 9.80 Å². The number of aliphatic hydroxyl groups excluding tert-OH is 1. The van der Waals surface area contributed by atoms with Crippen LogP contribution in [-0.4, -0.2) is 75.1 Å². The van der Waals surface area contributed by atoms with Crippen LogP contribution < -0.4 is 14.2 Å². The van der Waals surface area contributed by atoms with E-state index in [0.29, 0.717) is 47.0 Å². The highest BCUT2D eigenvalue weighted by Gasteiger charge is 2.47. The third kappa shape index (κ3) is 4.66. The molecule has 33 heavy (non-hydrogen) atoms. The highest BCUT2D eigenvalue weighted by atomic mass is 16.5. The summed E-state index contributed by atoms with van der Waals surface area (Å²) in [6.45, 7) is 2.65. The van der Waals surface area contributed by atoms with Crippen LogP contribution in [0.15, 0.2) is 42.0 Å². The Bertz CT molecular complexity index is 1090. The molecule has 8 heteroatoms. The van der Waals surface area contributed by atoms with E-state index < -0.39 is 17.7 Å². The molecule has 8 nitrogen and oxygen atoms in total. The number of ketones is 1. The molecule has 1 heterocycles. The molecule has 2 aromatic rings. The van der Waals surface area contributed by atoms with Gasteiger partial charge in [0.05, 0.1) is 32.9 Å². The Hall–Kier alpha value is -3.52. The van der Waals surface area contributed by atoms with Gasteiger partial charge in [-0.1, -0.05) is 0 Å². The van der Waals surface area contributed by atoms with E-state index in [9.17, 15) is 14.7 Å². The summed E-state index contributed by atoms with van der Waals surface area (Å²) in [6, 6.07) is 9.52. The predicted octanol–water partition coefficient (Wildman–Crippen LogP) is 3.00. The number of carbonyl (C=O) groups excluding carboxylic acids is 2. The minimum absolute atomic E-state index is 0.0236. The zero-order valence-electron chi connectivity index (χ0n) is 19.8. The van der Waals surface area contributed by atoms with E-state index >= 15 is 0 Å². The Morgan fingerprint density at radius 1 is 1.00 bits per heavy atom. The third-order valence-electron chi connectivity index (χ3n) is 5.75. The maximum absolute atomic E-state index is 13.2. The van der Waals surface area contributed by atoms with Gasteiger partial charge in [0, 0.05) is 30.3 Å². The lowest BCUT2D eigenvalue weighted by atomic mass is 9.93. The topological polar surface area (TPSA) is 88.5 Å². The first-order valence-electron chi connectivity index (χ1n) is 10.5. The van der Waals surface area contributed by atoms with Gasteiger partial charge in [0.1, 0.15) is 23.0 Å². The van der Waals surface area contributed by atoms with E-state index in [1.807, 2.05) is 25.9 Å². The zero-order valence-corrected chi connectivity index (χ0v) is 19.8. The molecule has 0 aromatic heterocycles. The Morgan fingerprint density at radius 2 is 1.64 bits per heavy atom. The Kier molecular flexibility index (Phi) is 7.28. The van der Waals surface area contributed by atoms with Crippen molar-refractivity contribution in [1.29, 1.82) is 0 Å². The molecule has 1 fully saturated rings. The lowest BCUT2D eigenvalue weighted by Crippen LogP contribution is -2.35. The standard InChI is InChI=1S/C25H30N2O6/c1-15-13-16(31-4)7-9-18(15)23(28)21-22(19-10-8-17(32-5)14-20(19)33-6)27(12-11-26(2)3)25(30)24(21)29/h7-10,13-14,22,28H,11-12H2,1-6H3/t22-/m1/s1. The number of hydrogen-bond acceptors (Lipinski definition) is 7. The summed E-state index contributed by atoms with van der Waals surface area (Å²) in [4.78, 5) is 29.7. The lowest BCUT2D eigenvalue weighted by molar-refractivity contribution is -0.140. The SMILES string of the molecule is COc1ccc(C(O)=C2C(=O)C(=O)N(CCN(C)C)[C@@H]2c2ccc(OC)cc2OC)c(C)c1. The largest absolute Gasteiger partial charge is 0.507 e.